The van der Waals surface area contributed by atoms with Gasteiger partial charge in [0, 0.05) is 32.0 Å². The molecule has 1 aromatic carbocycles. The van der Waals surface area contributed by atoms with Crippen LogP contribution in [0, 0.1) is 6.92 Å². The van der Waals surface area contributed by atoms with Gasteiger partial charge in [-0.1, -0.05) is 12.1 Å². The van der Waals surface area contributed by atoms with E-state index in [1.807, 2.05) is 17.7 Å². The predicted molar refractivity (Wildman–Crippen MR) is 85.2 cm³/mol. The summed E-state index contributed by atoms with van der Waals surface area (Å²) in [6, 6.07) is 6.17. The SMILES string of the molecule is Cc1nccn1CCCNC(=O)NCc1ccc(C(=O)O)cc1. The van der Waals surface area contributed by atoms with Crippen LogP contribution in [0.5, 0.6) is 0 Å². The smallest absolute Gasteiger partial charge is 0.335 e. The summed E-state index contributed by atoms with van der Waals surface area (Å²) in [4.78, 5) is 26.6. The van der Waals surface area contributed by atoms with Crippen molar-refractivity contribution in [3.63, 3.8) is 0 Å². The normalized spacial score (nSPS) is 10.3. The molecule has 0 aliphatic rings. The average Bonchev–Trinajstić information content (AvgIpc) is 2.95. The third-order valence-electron chi connectivity index (χ3n) is 3.44. The molecule has 7 heteroatoms. The van der Waals surface area contributed by atoms with E-state index in [1.165, 1.54) is 12.1 Å². The van der Waals surface area contributed by atoms with Crippen LogP contribution in [0.15, 0.2) is 36.7 Å². The molecule has 23 heavy (non-hydrogen) atoms. The van der Waals surface area contributed by atoms with Gasteiger partial charge < -0.3 is 20.3 Å². The van der Waals surface area contributed by atoms with Gasteiger partial charge in [-0.05, 0) is 31.0 Å². The minimum Gasteiger partial charge on any atom is -0.478 e. The molecule has 0 saturated carbocycles. The Morgan fingerprint density at radius 1 is 1.22 bits per heavy atom. The summed E-state index contributed by atoms with van der Waals surface area (Å²) in [6.45, 7) is 3.67. The van der Waals surface area contributed by atoms with Gasteiger partial charge in [0.2, 0.25) is 0 Å². The Morgan fingerprint density at radius 3 is 2.57 bits per heavy atom. The Bertz CT molecular complexity index is 664. The fourth-order valence-corrected chi connectivity index (χ4v) is 2.10. The molecular weight excluding hydrogens is 296 g/mol. The van der Waals surface area contributed by atoms with Crippen LogP contribution in [0.3, 0.4) is 0 Å². The lowest BCUT2D eigenvalue weighted by Crippen LogP contribution is -2.35. The number of carbonyl (C=O) groups is 2. The maximum Gasteiger partial charge on any atom is 0.335 e. The summed E-state index contributed by atoms with van der Waals surface area (Å²) < 4.78 is 2.03. The number of aryl methyl sites for hydroxylation is 2. The number of nitrogens with zero attached hydrogens (tertiary/aromatic N) is 2. The van der Waals surface area contributed by atoms with Crippen LogP contribution in [0.1, 0.15) is 28.2 Å². The van der Waals surface area contributed by atoms with Gasteiger partial charge in [0.1, 0.15) is 5.82 Å². The van der Waals surface area contributed by atoms with Crippen LogP contribution in [-0.4, -0.2) is 33.2 Å². The lowest BCUT2D eigenvalue weighted by atomic mass is 10.1. The second-order valence-corrected chi connectivity index (χ2v) is 5.13. The van der Waals surface area contributed by atoms with Gasteiger partial charge in [0.05, 0.1) is 5.56 Å². The van der Waals surface area contributed by atoms with E-state index in [0.717, 1.165) is 24.4 Å². The van der Waals surface area contributed by atoms with Crippen LogP contribution in [0.4, 0.5) is 4.79 Å². The molecule has 0 atom stereocenters. The first-order chi connectivity index (χ1) is 11.1. The standard InChI is InChI=1S/C16H20N4O3/c1-12-17-8-10-20(12)9-2-7-18-16(23)19-11-13-3-5-14(6-4-13)15(21)22/h3-6,8,10H,2,7,9,11H2,1H3,(H,21,22)(H2,18,19,23). The molecule has 7 nitrogen and oxygen atoms in total. The number of hydrogen-bond acceptors (Lipinski definition) is 3. The van der Waals surface area contributed by atoms with E-state index in [9.17, 15) is 9.59 Å². The van der Waals surface area contributed by atoms with Crippen molar-refractivity contribution in [1.82, 2.24) is 20.2 Å². The Kier molecular flexibility index (Phi) is 5.74. The number of aromatic nitrogens is 2. The fourth-order valence-electron chi connectivity index (χ4n) is 2.10. The van der Waals surface area contributed by atoms with E-state index >= 15 is 0 Å². The molecule has 2 aromatic rings. The van der Waals surface area contributed by atoms with E-state index in [2.05, 4.69) is 15.6 Å². The van der Waals surface area contributed by atoms with E-state index in [0.29, 0.717) is 13.1 Å². The lowest BCUT2D eigenvalue weighted by Gasteiger charge is -2.09. The van der Waals surface area contributed by atoms with E-state index in [1.54, 1.807) is 18.3 Å². The van der Waals surface area contributed by atoms with Crippen LogP contribution < -0.4 is 10.6 Å². The topological polar surface area (TPSA) is 96.3 Å². The third kappa shape index (κ3) is 5.14. The highest BCUT2D eigenvalue weighted by atomic mass is 16.4. The second-order valence-electron chi connectivity index (χ2n) is 5.13. The number of aromatic carboxylic acids is 1. The van der Waals surface area contributed by atoms with Crippen molar-refractivity contribution < 1.29 is 14.7 Å². The number of urea groups is 1. The quantitative estimate of drug-likeness (QED) is 0.678. The third-order valence-corrected chi connectivity index (χ3v) is 3.44. The molecule has 0 bridgehead atoms. The molecule has 1 aromatic heterocycles. The molecule has 1 heterocycles. The van der Waals surface area contributed by atoms with Gasteiger partial charge in [0.15, 0.2) is 0 Å². The predicted octanol–water partition coefficient (Wildman–Crippen LogP) is 1.78. The first-order valence-corrected chi connectivity index (χ1v) is 7.38. The molecule has 2 amide bonds. The number of carboxylic acid groups (broad SMARTS) is 1. The monoisotopic (exact) mass is 316 g/mol. The molecule has 0 unspecified atom stereocenters. The molecule has 122 valence electrons. The van der Waals surface area contributed by atoms with Gasteiger partial charge in [0.25, 0.3) is 0 Å². The van der Waals surface area contributed by atoms with Crippen molar-refractivity contribution in [3.8, 4) is 0 Å². The van der Waals surface area contributed by atoms with Crippen molar-refractivity contribution >= 4 is 12.0 Å². The first-order valence-electron chi connectivity index (χ1n) is 7.38. The number of amides is 2. The highest BCUT2D eigenvalue weighted by Crippen LogP contribution is 2.04. The molecule has 0 spiro atoms. The number of hydrogen-bond donors (Lipinski definition) is 3. The van der Waals surface area contributed by atoms with Crippen LogP contribution in [0.25, 0.3) is 0 Å². The van der Waals surface area contributed by atoms with Crippen molar-refractivity contribution in [2.24, 2.45) is 0 Å². The summed E-state index contributed by atoms with van der Waals surface area (Å²) >= 11 is 0. The number of benzene rings is 1. The molecule has 0 radical (unpaired) electrons. The molecule has 0 saturated heterocycles. The number of carbonyl (C=O) groups excluding carboxylic acids is 1. The Balaban J connectivity index is 1.65. The maximum atomic E-state index is 11.7. The summed E-state index contributed by atoms with van der Waals surface area (Å²) in [5, 5.41) is 14.3. The minimum absolute atomic E-state index is 0.230. The number of nitrogens with one attached hydrogen (secondary N) is 2. The Hall–Kier alpha value is -2.83. The van der Waals surface area contributed by atoms with Gasteiger partial charge in [-0.15, -0.1) is 0 Å². The highest BCUT2D eigenvalue weighted by Gasteiger charge is 2.03. The summed E-state index contributed by atoms with van der Waals surface area (Å²) in [5.41, 5.74) is 1.08. The molecule has 2 rings (SSSR count). The second kappa shape index (κ2) is 7.98. The largest absolute Gasteiger partial charge is 0.478 e. The van der Waals surface area contributed by atoms with E-state index in [4.69, 9.17) is 5.11 Å². The zero-order valence-electron chi connectivity index (χ0n) is 13.0. The van der Waals surface area contributed by atoms with E-state index < -0.39 is 5.97 Å². The van der Waals surface area contributed by atoms with Crippen molar-refractivity contribution in [2.75, 3.05) is 6.54 Å². The first kappa shape index (κ1) is 16.5. The van der Waals surface area contributed by atoms with Crippen LogP contribution in [-0.2, 0) is 13.1 Å². The lowest BCUT2D eigenvalue weighted by molar-refractivity contribution is 0.0697. The van der Waals surface area contributed by atoms with Crippen LogP contribution in [0.2, 0.25) is 0 Å². The zero-order chi connectivity index (χ0) is 16.7. The highest BCUT2D eigenvalue weighted by molar-refractivity contribution is 5.87. The van der Waals surface area contributed by atoms with Crippen molar-refractivity contribution in [1.29, 1.82) is 0 Å². The summed E-state index contributed by atoms with van der Waals surface area (Å²) in [7, 11) is 0. The zero-order valence-corrected chi connectivity index (χ0v) is 13.0. The molecular formula is C16H20N4O3. The fraction of sp³-hybridized carbons (Fsp3) is 0.312. The van der Waals surface area contributed by atoms with Gasteiger partial charge >= 0.3 is 12.0 Å². The summed E-state index contributed by atoms with van der Waals surface area (Å²) in [6.07, 6.45) is 4.49. The maximum absolute atomic E-state index is 11.7. The van der Waals surface area contributed by atoms with Crippen LogP contribution >= 0.6 is 0 Å². The average molecular weight is 316 g/mol. The van der Waals surface area contributed by atoms with Gasteiger partial charge in [-0.3, -0.25) is 0 Å². The van der Waals surface area contributed by atoms with Crippen molar-refractivity contribution in [3.05, 3.63) is 53.6 Å². The molecule has 0 fully saturated rings. The molecule has 3 N–H and O–H groups in total. The number of rotatable bonds is 7. The number of carboxylic acids is 1. The molecule has 0 aliphatic heterocycles. The molecule has 0 aliphatic carbocycles. The van der Waals surface area contributed by atoms with Gasteiger partial charge in [-0.25, -0.2) is 14.6 Å². The summed E-state index contributed by atoms with van der Waals surface area (Å²) in [5.74, 6) is -0.00496. The number of imidazole rings is 1. The Labute approximate surface area is 134 Å². The Morgan fingerprint density at radius 2 is 1.96 bits per heavy atom. The van der Waals surface area contributed by atoms with Crippen molar-refractivity contribution in [2.45, 2.75) is 26.4 Å². The van der Waals surface area contributed by atoms with E-state index in [-0.39, 0.29) is 11.6 Å². The minimum atomic E-state index is -0.963. The van der Waals surface area contributed by atoms with Gasteiger partial charge in [-0.2, -0.15) is 0 Å².